The van der Waals surface area contributed by atoms with Gasteiger partial charge in [-0.1, -0.05) is 11.4 Å². The molecule has 1 radical (unpaired) electrons. The first kappa shape index (κ1) is 9.93. The van der Waals surface area contributed by atoms with Crippen LogP contribution in [-0.4, -0.2) is 0 Å². The number of rotatable bonds is 0. The van der Waals surface area contributed by atoms with E-state index in [9.17, 15) is 0 Å². The van der Waals surface area contributed by atoms with Crippen LogP contribution in [0.3, 0.4) is 0 Å². The molecular formula is C6H9CoN4-. The van der Waals surface area contributed by atoms with Gasteiger partial charge in [0.05, 0.1) is 0 Å². The second-order valence-corrected chi connectivity index (χ2v) is 1.99. The molecule has 0 spiro atoms. The summed E-state index contributed by atoms with van der Waals surface area (Å²) >= 11 is 0. The number of nitrogens with two attached hydrogens (primary N) is 4. The first-order valence-corrected chi connectivity index (χ1v) is 2.73. The van der Waals surface area contributed by atoms with Crippen molar-refractivity contribution in [1.29, 1.82) is 0 Å². The molecule has 1 aromatic carbocycles. The van der Waals surface area contributed by atoms with Gasteiger partial charge in [-0.15, -0.1) is 0 Å². The molecule has 0 bridgehead atoms. The van der Waals surface area contributed by atoms with E-state index < -0.39 is 0 Å². The maximum Gasteiger partial charge on any atom is 0 e. The Morgan fingerprint density at radius 1 is 1.00 bits per heavy atom. The molecule has 1 rings (SSSR count). The third-order valence-electron chi connectivity index (χ3n) is 1.27. The van der Waals surface area contributed by atoms with Crippen LogP contribution >= 0.6 is 0 Å². The minimum absolute atomic E-state index is 0. The Morgan fingerprint density at radius 3 is 2.00 bits per heavy atom. The summed E-state index contributed by atoms with van der Waals surface area (Å²) in [5.41, 5.74) is 23.0. The van der Waals surface area contributed by atoms with Crippen LogP contribution in [0.2, 0.25) is 0 Å². The van der Waals surface area contributed by atoms with Crippen LogP contribution in [0, 0.1) is 6.07 Å². The van der Waals surface area contributed by atoms with Gasteiger partial charge in [0.25, 0.3) is 0 Å². The van der Waals surface area contributed by atoms with E-state index >= 15 is 0 Å². The quantitative estimate of drug-likeness (QED) is 0.341. The Hall–Kier alpha value is -1.07. The minimum Gasteiger partial charge on any atom is -0.448 e. The van der Waals surface area contributed by atoms with Crippen molar-refractivity contribution in [2.45, 2.75) is 0 Å². The number of hydrogen-bond donors (Lipinski definition) is 4. The Bertz CT molecular complexity index is 234. The van der Waals surface area contributed by atoms with E-state index in [1.54, 1.807) is 0 Å². The van der Waals surface area contributed by atoms with E-state index in [1.807, 2.05) is 0 Å². The smallest absolute Gasteiger partial charge is 0 e. The normalized spacial score (nSPS) is 8.73. The van der Waals surface area contributed by atoms with E-state index in [4.69, 9.17) is 22.9 Å². The molecule has 0 aliphatic rings. The van der Waals surface area contributed by atoms with Gasteiger partial charge < -0.3 is 22.9 Å². The van der Waals surface area contributed by atoms with Crippen LogP contribution in [0.5, 0.6) is 0 Å². The van der Waals surface area contributed by atoms with Crippen molar-refractivity contribution < 1.29 is 16.8 Å². The summed E-state index contributed by atoms with van der Waals surface area (Å²) in [6.07, 6.45) is 0. The fraction of sp³-hybridized carbons (Fsp3) is 0. The topological polar surface area (TPSA) is 104 Å². The zero-order valence-corrected chi connectivity index (χ0v) is 6.76. The average molecular weight is 196 g/mol. The van der Waals surface area contributed by atoms with E-state index in [-0.39, 0.29) is 16.8 Å². The molecule has 0 atom stereocenters. The molecule has 0 saturated heterocycles. The van der Waals surface area contributed by atoms with Crippen molar-refractivity contribution >= 4 is 22.7 Å². The maximum absolute atomic E-state index is 5.43. The molecule has 1 aromatic rings. The van der Waals surface area contributed by atoms with Crippen molar-refractivity contribution in [3.63, 3.8) is 0 Å². The summed E-state index contributed by atoms with van der Waals surface area (Å²) in [6.45, 7) is 0. The van der Waals surface area contributed by atoms with E-state index in [0.29, 0.717) is 22.7 Å². The zero-order chi connectivity index (χ0) is 7.72. The van der Waals surface area contributed by atoms with Gasteiger partial charge in [0.2, 0.25) is 0 Å². The fourth-order valence-electron chi connectivity index (χ4n) is 0.612. The molecule has 0 amide bonds. The largest absolute Gasteiger partial charge is 0.448 e. The molecule has 5 heteroatoms. The van der Waals surface area contributed by atoms with Gasteiger partial charge in [0, 0.05) is 16.8 Å². The molecule has 0 heterocycles. The first-order chi connectivity index (χ1) is 4.63. The average Bonchev–Trinajstić information content (AvgIpc) is 1.93. The van der Waals surface area contributed by atoms with Crippen molar-refractivity contribution in [2.24, 2.45) is 0 Å². The molecule has 0 unspecified atom stereocenters. The van der Waals surface area contributed by atoms with Crippen LogP contribution in [-0.2, 0) is 16.8 Å². The Kier molecular flexibility index (Phi) is 3.03. The van der Waals surface area contributed by atoms with E-state index in [1.165, 1.54) is 6.07 Å². The molecular weight excluding hydrogens is 187 g/mol. The fourth-order valence-corrected chi connectivity index (χ4v) is 0.612. The molecule has 0 saturated carbocycles. The van der Waals surface area contributed by atoms with Crippen molar-refractivity contribution in [3.05, 3.63) is 12.1 Å². The van der Waals surface area contributed by atoms with Gasteiger partial charge >= 0.3 is 0 Å². The number of nitrogen functional groups attached to an aromatic ring is 4. The third-order valence-corrected chi connectivity index (χ3v) is 1.27. The molecule has 0 aliphatic heterocycles. The Balaban J connectivity index is 0.000001000. The minimum atomic E-state index is 0. The summed E-state index contributed by atoms with van der Waals surface area (Å²) in [6, 6.07) is 4.16. The Labute approximate surface area is 75.1 Å². The van der Waals surface area contributed by atoms with Crippen LogP contribution in [0.1, 0.15) is 0 Å². The predicted molar refractivity (Wildman–Crippen MR) is 42.9 cm³/mol. The van der Waals surface area contributed by atoms with E-state index in [2.05, 4.69) is 6.07 Å². The second-order valence-electron chi connectivity index (χ2n) is 1.99. The molecule has 0 fully saturated rings. The first-order valence-electron chi connectivity index (χ1n) is 2.73. The summed E-state index contributed by atoms with van der Waals surface area (Å²) in [5.74, 6) is 0. The van der Waals surface area contributed by atoms with Crippen molar-refractivity contribution in [1.82, 2.24) is 0 Å². The number of anilines is 4. The molecule has 8 N–H and O–H groups in total. The van der Waals surface area contributed by atoms with Gasteiger partial charge in [-0.05, 0) is 11.4 Å². The molecule has 4 nitrogen and oxygen atoms in total. The zero-order valence-electron chi connectivity index (χ0n) is 5.72. The molecule has 63 valence electrons. The molecule has 11 heavy (non-hydrogen) atoms. The third kappa shape index (κ3) is 1.69. The van der Waals surface area contributed by atoms with Crippen molar-refractivity contribution in [2.75, 3.05) is 22.9 Å². The van der Waals surface area contributed by atoms with E-state index in [0.717, 1.165) is 0 Å². The van der Waals surface area contributed by atoms with Gasteiger partial charge in [-0.25, -0.2) is 0 Å². The van der Waals surface area contributed by atoms with Gasteiger partial charge in [-0.3, -0.25) is 0 Å². The molecule has 0 aliphatic carbocycles. The van der Waals surface area contributed by atoms with Crippen molar-refractivity contribution in [3.8, 4) is 0 Å². The van der Waals surface area contributed by atoms with Gasteiger partial charge in [0.1, 0.15) is 0 Å². The predicted octanol–water partition coefficient (Wildman–Crippen LogP) is -0.187. The monoisotopic (exact) mass is 196 g/mol. The van der Waals surface area contributed by atoms with Crippen LogP contribution in [0.4, 0.5) is 22.7 Å². The van der Waals surface area contributed by atoms with Crippen LogP contribution in [0.15, 0.2) is 6.07 Å². The van der Waals surface area contributed by atoms with Gasteiger partial charge in [-0.2, -0.15) is 12.1 Å². The Morgan fingerprint density at radius 2 is 1.55 bits per heavy atom. The second kappa shape index (κ2) is 3.36. The number of hydrogen-bond acceptors (Lipinski definition) is 4. The standard InChI is InChI=1S/C6H9N4.Co/c7-3-1-2-4(8)6(10)5(3)9;/h1H,7-10H2;/q-1;. The van der Waals surface area contributed by atoms with Crippen LogP contribution < -0.4 is 22.9 Å². The molecule has 0 aromatic heterocycles. The number of benzene rings is 1. The summed E-state index contributed by atoms with van der Waals surface area (Å²) in [4.78, 5) is 0. The summed E-state index contributed by atoms with van der Waals surface area (Å²) in [5, 5.41) is 0. The summed E-state index contributed by atoms with van der Waals surface area (Å²) in [7, 11) is 0. The van der Waals surface area contributed by atoms with Gasteiger partial charge in [0.15, 0.2) is 0 Å². The van der Waals surface area contributed by atoms with Crippen LogP contribution in [0.25, 0.3) is 0 Å². The SMILES string of the molecule is Nc1[c-]cc(N)c(N)c1N.[Co]. The maximum atomic E-state index is 5.43. The summed E-state index contributed by atoms with van der Waals surface area (Å²) < 4.78 is 0.